The Morgan fingerprint density at radius 2 is 2.15 bits per heavy atom. The van der Waals surface area contributed by atoms with E-state index in [0.29, 0.717) is 6.04 Å². The van der Waals surface area contributed by atoms with E-state index in [0.717, 1.165) is 5.92 Å². The van der Waals surface area contributed by atoms with E-state index >= 15 is 0 Å². The molecule has 3 heteroatoms. The van der Waals surface area contributed by atoms with E-state index in [1.807, 2.05) is 11.3 Å². The van der Waals surface area contributed by atoms with Crippen molar-refractivity contribution < 1.29 is 0 Å². The Morgan fingerprint density at radius 1 is 1.46 bits per heavy atom. The van der Waals surface area contributed by atoms with E-state index in [2.05, 4.69) is 19.1 Å². The van der Waals surface area contributed by atoms with Gasteiger partial charge in [-0.2, -0.15) is 0 Å². The number of hydrogen-bond acceptors (Lipinski definition) is 2. The summed E-state index contributed by atoms with van der Waals surface area (Å²) in [6.07, 6.45) is 4.04. The minimum Gasteiger partial charge on any atom is -0.323 e. The fourth-order valence-corrected chi connectivity index (χ4v) is 2.64. The van der Waals surface area contributed by atoms with Gasteiger partial charge >= 0.3 is 0 Å². The molecule has 1 aliphatic rings. The molecule has 1 fully saturated rings. The SMILES string of the molecule is Cc1ccc(C(N)C2CCC2)s1.Cl. The van der Waals surface area contributed by atoms with Gasteiger partial charge in [-0.3, -0.25) is 0 Å². The van der Waals surface area contributed by atoms with Crippen LogP contribution in [-0.4, -0.2) is 0 Å². The monoisotopic (exact) mass is 217 g/mol. The predicted octanol–water partition coefficient (Wildman–Crippen LogP) is 3.28. The molecule has 0 saturated heterocycles. The third-order valence-corrected chi connectivity index (χ3v) is 3.85. The predicted molar refractivity (Wildman–Crippen MR) is 60.6 cm³/mol. The van der Waals surface area contributed by atoms with Gasteiger partial charge < -0.3 is 5.73 Å². The molecule has 1 aromatic rings. The highest BCUT2D eigenvalue weighted by molar-refractivity contribution is 7.12. The molecule has 2 rings (SSSR count). The van der Waals surface area contributed by atoms with E-state index < -0.39 is 0 Å². The van der Waals surface area contributed by atoms with Crippen molar-refractivity contribution in [1.29, 1.82) is 0 Å². The van der Waals surface area contributed by atoms with Crippen molar-refractivity contribution in [3.63, 3.8) is 0 Å². The molecular weight excluding hydrogens is 202 g/mol. The highest BCUT2D eigenvalue weighted by Crippen LogP contribution is 2.38. The second-order valence-electron chi connectivity index (χ2n) is 3.67. The minimum absolute atomic E-state index is 0. The normalized spacial score (nSPS) is 18.9. The third kappa shape index (κ3) is 2.25. The molecule has 1 nitrogen and oxygen atoms in total. The van der Waals surface area contributed by atoms with Crippen LogP contribution in [0, 0.1) is 12.8 Å². The Kier molecular flexibility index (Phi) is 3.77. The molecule has 1 aromatic heterocycles. The molecule has 1 heterocycles. The maximum Gasteiger partial charge on any atom is 0.0418 e. The van der Waals surface area contributed by atoms with Gasteiger partial charge in [-0.15, -0.1) is 23.7 Å². The Hall–Kier alpha value is -0.0500. The zero-order chi connectivity index (χ0) is 8.55. The van der Waals surface area contributed by atoms with Crippen LogP contribution in [0.25, 0.3) is 0 Å². The summed E-state index contributed by atoms with van der Waals surface area (Å²) in [4.78, 5) is 2.75. The summed E-state index contributed by atoms with van der Waals surface area (Å²) in [6.45, 7) is 2.14. The highest BCUT2D eigenvalue weighted by Gasteiger charge is 2.26. The first kappa shape index (κ1) is 11.0. The topological polar surface area (TPSA) is 26.0 Å². The lowest BCUT2D eigenvalue weighted by atomic mass is 9.79. The van der Waals surface area contributed by atoms with Crippen LogP contribution < -0.4 is 5.73 Å². The number of rotatable bonds is 2. The number of aryl methyl sites for hydroxylation is 1. The molecule has 2 N–H and O–H groups in total. The van der Waals surface area contributed by atoms with E-state index in [-0.39, 0.29) is 12.4 Å². The van der Waals surface area contributed by atoms with Crippen LogP contribution in [-0.2, 0) is 0 Å². The molecule has 0 amide bonds. The molecule has 1 atom stereocenters. The molecule has 0 radical (unpaired) electrons. The lowest BCUT2D eigenvalue weighted by molar-refractivity contribution is 0.267. The largest absolute Gasteiger partial charge is 0.323 e. The number of hydrogen-bond donors (Lipinski definition) is 1. The van der Waals surface area contributed by atoms with Gasteiger partial charge in [-0.1, -0.05) is 6.42 Å². The third-order valence-electron chi connectivity index (χ3n) is 2.75. The Labute approximate surface area is 89.7 Å². The average Bonchev–Trinajstić information content (AvgIpc) is 2.31. The maximum atomic E-state index is 6.12. The first-order valence-corrected chi connectivity index (χ1v) is 5.41. The molecule has 74 valence electrons. The van der Waals surface area contributed by atoms with Crippen molar-refractivity contribution in [3.8, 4) is 0 Å². The summed E-state index contributed by atoms with van der Waals surface area (Å²) < 4.78 is 0. The minimum atomic E-state index is 0. The lowest BCUT2D eigenvalue weighted by Crippen LogP contribution is -2.25. The zero-order valence-electron chi connectivity index (χ0n) is 7.82. The molecule has 0 aromatic carbocycles. The molecule has 1 saturated carbocycles. The Balaban J connectivity index is 0.000000845. The fourth-order valence-electron chi connectivity index (χ4n) is 1.66. The van der Waals surface area contributed by atoms with E-state index in [9.17, 15) is 0 Å². The van der Waals surface area contributed by atoms with Crippen molar-refractivity contribution in [1.82, 2.24) is 0 Å². The number of thiophene rings is 1. The average molecular weight is 218 g/mol. The number of nitrogens with two attached hydrogens (primary N) is 1. The molecule has 13 heavy (non-hydrogen) atoms. The zero-order valence-corrected chi connectivity index (χ0v) is 9.46. The van der Waals surface area contributed by atoms with Crippen LogP contribution in [0.2, 0.25) is 0 Å². The van der Waals surface area contributed by atoms with Crippen molar-refractivity contribution in [2.75, 3.05) is 0 Å². The fraction of sp³-hybridized carbons (Fsp3) is 0.600. The molecular formula is C10H16ClNS. The van der Waals surface area contributed by atoms with Crippen LogP contribution in [0.1, 0.15) is 35.1 Å². The maximum absolute atomic E-state index is 6.12. The Bertz CT molecular complexity index is 268. The van der Waals surface area contributed by atoms with Gasteiger partial charge in [0.2, 0.25) is 0 Å². The second-order valence-corrected chi connectivity index (χ2v) is 4.98. The summed E-state index contributed by atoms with van der Waals surface area (Å²) in [7, 11) is 0. The van der Waals surface area contributed by atoms with Crippen molar-refractivity contribution in [2.45, 2.75) is 32.2 Å². The van der Waals surface area contributed by atoms with Crippen molar-refractivity contribution in [2.24, 2.45) is 11.7 Å². The summed E-state index contributed by atoms with van der Waals surface area (Å²) in [5, 5.41) is 0. The first-order valence-electron chi connectivity index (χ1n) is 4.59. The molecule has 0 bridgehead atoms. The van der Waals surface area contributed by atoms with Gasteiger partial charge in [0.1, 0.15) is 0 Å². The lowest BCUT2D eigenvalue weighted by Gasteiger charge is -2.30. The smallest absolute Gasteiger partial charge is 0.0418 e. The van der Waals surface area contributed by atoms with Crippen LogP contribution in [0.4, 0.5) is 0 Å². The molecule has 1 aliphatic carbocycles. The van der Waals surface area contributed by atoms with Gasteiger partial charge in [-0.25, -0.2) is 0 Å². The summed E-state index contributed by atoms with van der Waals surface area (Å²) in [5.41, 5.74) is 6.12. The second kappa shape index (κ2) is 4.45. The van der Waals surface area contributed by atoms with E-state index in [1.165, 1.54) is 29.0 Å². The highest BCUT2D eigenvalue weighted by atomic mass is 35.5. The summed E-state index contributed by atoms with van der Waals surface area (Å²) >= 11 is 1.85. The first-order chi connectivity index (χ1) is 5.77. The van der Waals surface area contributed by atoms with Crippen LogP contribution in [0.3, 0.4) is 0 Å². The van der Waals surface area contributed by atoms with Gasteiger partial charge in [0.15, 0.2) is 0 Å². The molecule has 1 unspecified atom stereocenters. The van der Waals surface area contributed by atoms with Crippen LogP contribution in [0.5, 0.6) is 0 Å². The van der Waals surface area contributed by atoms with Crippen molar-refractivity contribution in [3.05, 3.63) is 21.9 Å². The molecule has 0 spiro atoms. The molecule has 0 aliphatic heterocycles. The van der Waals surface area contributed by atoms with Gasteiger partial charge in [-0.05, 0) is 37.8 Å². The van der Waals surface area contributed by atoms with Gasteiger partial charge in [0.25, 0.3) is 0 Å². The van der Waals surface area contributed by atoms with Crippen LogP contribution >= 0.6 is 23.7 Å². The Morgan fingerprint density at radius 3 is 2.54 bits per heavy atom. The van der Waals surface area contributed by atoms with Crippen molar-refractivity contribution >= 4 is 23.7 Å². The standard InChI is InChI=1S/C10H15NS.ClH/c1-7-5-6-9(12-7)10(11)8-3-2-4-8;/h5-6,8,10H,2-4,11H2,1H3;1H. The summed E-state index contributed by atoms with van der Waals surface area (Å²) in [6, 6.07) is 4.67. The number of halogens is 1. The van der Waals surface area contributed by atoms with Crippen LogP contribution in [0.15, 0.2) is 12.1 Å². The van der Waals surface area contributed by atoms with Gasteiger partial charge in [0, 0.05) is 15.8 Å². The quantitative estimate of drug-likeness (QED) is 0.809. The van der Waals surface area contributed by atoms with Gasteiger partial charge in [0.05, 0.1) is 0 Å². The van der Waals surface area contributed by atoms with E-state index in [1.54, 1.807) is 0 Å². The van der Waals surface area contributed by atoms with E-state index in [4.69, 9.17) is 5.73 Å². The summed E-state index contributed by atoms with van der Waals surface area (Å²) in [5.74, 6) is 0.767.